The average molecular weight is 361 g/mol. The number of carbonyl (C=O) groups excluding carboxylic acids is 1. The van der Waals surface area contributed by atoms with Crippen LogP contribution in [0.4, 0.5) is 0 Å². The van der Waals surface area contributed by atoms with E-state index < -0.39 is 11.5 Å². The molecule has 7 heteroatoms. The van der Waals surface area contributed by atoms with Gasteiger partial charge in [0.25, 0.3) is 5.56 Å². The number of aryl methyl sites for hydroxylation is 1. The maximum Gasteiger partial charge on any atom is 0.348 e. The highest BCUT2D eigenvalue weighted by Gasteiger charge is 2.17. The molecule has 0 atom stereocenters. The first-order valence-electron chi connectivity index (χ1n) is 7.99. The van der Waals surface area contributed by atoms with Crippen LogP contribution in [0.25, 0.3) is 11.7 Å². The Morgan fingerprint density at radius 3 is 2.78 bits per heavy atom. The SMILES string of the molecule is COC(=O)C(C#N)=Cc1c(Oc2cccc(C)c2)nc2ccccn2c1=O. The van der Waals surface area contributed by atoms with Gasteiger partial charge in [-0.15, -0.1) is 0 Å². The molecule has 0 saturated carbocycles. The third kappa shape index (κ3) is 3.70. The molecule has 0 N–H and O–H groups in total. The monoisotopic (exact) mass is 361 g/mol. The summed E-state index contributed by atoms with van der Waals surface area (Å²) >= 11 is 0. The smallest absolute Gasteiger partial charge is 0.348 e. The van der Waals surface area contributed by atoms with Crippen LogP contribution in [0.5, 0.6) is 11.6 Å². The molecule has 0 aliphatic heterocycles. The van der Waals surface area contributed by atoms with Crippen LogP contribution in [-0.4, -0.2) is 22.5 Å². The van der Waals surface area contributed by atoms with Gasteiger partial charge in [0.2, 0.25) is 5.88 Å². The van der Waals surface area contributed by atoms with Gasteiger partial charge in [0.05, 0.1) is 7.11 Å². The molecule has 0 bridgehead atoms. The number of carbonyl (C=O) groups is 1. The predicted molar refractivity (Wildman–Crippen MR) is 98.3 cm³/mol. The number of pyridine rings is 1. The normalized spacial score (nSPS) is 11.1. The quantitative estimate of drug-likeness (QED) is 0.403. The Morgan fingerprint density at radius 1 is 1.26 bits per heavy atom. The highest BCUT2D eigenvalue weighted by molar-refractivity contribution is 5.98. The molecule has 27 heavy (non-hydrogen) atoms. The van der Waals surface area contributed by atoms with E-state index in [1.54, 1.807) is 42.6 Å². The van der Waals surface area contributed by atoms with Gasteiger partial charge in [0, 0.05) is 6.20 Å². The summed E-state index contributed by atoms with van der Waals surface area (Å²) in [4.78, 5) is 29.0. The summed E-state index contributed by atoms with van der Waals surface area (Å²) in [6.07, 6.45) is 2.67. The van der Waals surface area contributed by atoms with Crippen molar-refractivity contribution in [1.29, 1.82) is 5.26 Å². The number of esters is 1. The second-order valence-corrected chi connectivity index (χ2v) is 5.64. The largest absolute Gasteiger partial charge is 0.465 e. The van der Waals surface area contributed by atoms with Crippen LogP contribution in [0.15, 0.2) is 59.0 Å². The molecule has 0 aliphatic rings. The second kappa shape index (κ2) is 7.54. The summed E-state index contributed by atoms with van der Waals surface area (Å²) in [6, 6.07) is 14.0. The van der Waals surface area contributed by atoms with Crippen molar-refractivity contribution in [3.8, 4) is 17.7 Å². The number of nitrogens with zero attached hydrogens (tertiary/aromatic N) is 3. The number of ether oxygens (including phenoxy) is 2. The zero-order valence-corrected chi connectivity index (χ0v) is 14.7. The minimum Gasteiger partial charge on any atom is -0.465 e. The van der Waals surface area contributed by atoms with E-state index in [0.717, 1.165) is 18.7 Å². The first-order chi connectivity index (χ1) is 13.0. The lowest BCUT2D eigenvalue weighted by Crippen LogP contribution is -2.19. The number of benzene rings is 1. The van der Waals surface area contributed by atoms with Crippen molar-refractivity contribution >= 4 is 17.7 Å². The topological polar surface area (TPSA) is 93.7 Å². The van der Waals surface area contributed by atoms with Crippen LogP contribution < -0.4 is 10.3 Å². The van der Waals surface area contributed by atoms with Crippen molar-refractivity contribution < 1.29 is 14.3 Å². The van der Waals surface area contributed by atoms with E-state index in [-0.39, 0.29) is 17.0 Å². The lowest BCUT2D eigenvalue weighted by molar-refractivity contribution is -0.135. The summed E-state index contributed by atoms with van der Waals surface area (Å²) in [5.41, 5.74) is 0.511. The van der Waals surface area contributed by atoms with Crippen molar-refractivity contribution in [2.45, 2.75) is 6.92 Å². The molecule has 7 nitrogen and oxygen atoms in total. The van der Waals surface area contributed by atoms with Crippen LogP contribution in [0.1, 0.15) is 11.1 Å². The molecule has 3 rings (SSSR count). The van der Waals surface area contributed by atoms with Crippen LogP contribution >= 0.6 is 0 Å². The van der Waals surface area contributed by atoms with Crippen molar-refractivity contribution in [3.63, 3.8) is 0 Å². The molecular weight excluding hydrogens is 346 g/mol. The Bertz CT molecular complexity index is 1160. The fraction of sp³-hybridized carbons (Fsp3) is 0.100. The summed E-state index contributed by atoms with van der Waals surface area (Å²) in [6.45, 7) is 1.90. The first-order valence-corrected chi connectivity index (χ1v) is 7.99. The fourth-order valence-electron chi connectivity index (χ4n) is 2.47. The van der Waals surface area contributed by atoms with Gasteiger partial charge in [-0.3, -0.25) is 9.20 Å². The molecule has 0 amide bonds. The Kier molecular flexibility index (Phi) is 4.99. The number of rotatable bonds is 4. The summed E-state index contributed by atoms with van der Waals surface area (Å²) in [5.74, 6) is -0.376. The van der Waals surface area contributed by atoms with Crippen molar-refractivity contribution in [2.75, 3.05) is 7.11 Å². The molecule has 2 heterocycles. The van der Waals surface area contributed by atoms with E-state index in [1.807, 2.05) is 19.1 Å². The number of methoxy groups -OCH3 is 1. The van der Waals surface area contributed by atoms with E-state index >= 15 is 0 Å². The third-order valence-electron chi connectivity index (χ3n) is 3.75. The van der Waals surface area contributed by atoms with E-state index in [0.29, 0.717) is 11.4 Å². The molecular formula is C20H15N3O4. The summed E-state index contributed by atoms with van der Waals surface area (Å²) < 4.78 is 11.7. The molecule has 3 aromatic rings. The van der Waals surface area contributed by atoms with Crippen LogP contribution in [-0.2, 0) is 9.53 Å². The molecule has 0 radical (unpaired) electrons. The zero-order chi connectivity index (χ0) is 19.4. The first kappa shape index (κ1) is 17.9. The predicted octanol–water partition coefficient (Wildman–Crippen LogP) is 2.88. The van der Waals surface area contributed by atoms with Gasteiger partial charge in [-0.25, -0.2) is 4.79 Å². The van der Waals surface area contributed by atoms with Crippen molar-refractivity contribution in [2.24, 2.45) is 0 Å². The molecule has 1 aromatic carbocycles. The fourth-order valence-corrected chi connectivity index (χ4v) is 2.47. The van der Waals surface area contributed by atoms with Gasteiger partial charge >= 0.3 is 5.97 Å². The Morgan fingerprint density at radius 2 is 2.07 bits per heavy atom. The van der Waals surface area contributed by atoms with Gasteiger partial charge < -0.3 is 9.47 Å². The highest BCUT2D eigenvalue weighted by Crippen LogP contribution is 2.24. The number of hydrogen-bond donors (Lipinski definition) is 0. The van der Waals surface area contributed by atoms with Gasteiger partial charge in [-0.2, -0.15) is 10.2 Å². The Labute approximate surface area is 154 Å². The van der Waals surface area contributed by atoms with Gasteiger partial charge in [-0.05, 0) is 42.8 Å². The molecule has 0 aliphatic carbocycles. The molecule has 0 saturated heterocycles. The minimum atomic E-state index is -0.850. The van der Waals surface area contributed by atoms with E-state index in [1.165, 1.54) is 4.40 Å². The third-order valence-corrected chi connectivity index (χ3v) is 3.75. The van der Waals surface area contributed by atoms with Crippen LogP contribution in [0, 0.1) is 18.3 Å². The van der Waals surface area contributed by atoms with Crippen molar-refractivity contribution in [3.05, 3.63) is 75.7 Å². The molecule has 0 spiro atoms. The Balaban J connectivity index is 2.24. The second-order valence-electron chi connectivity index (χ2n) is 5.64. The summed E-state index contributed by atoms with van der Waals surface area (Å²) in [7, 11) is 1.16. The lowest BCUT2D eigenvalue weighted by atomic mass is 10.2. The van der Waals surface area contributed by atoms with Crippen molar-refractivity contribution in [1.82, 2.24) is 9.38 Å². The van der Waals surface area contributed by atoms with E-state index in [2.05, 4.69) is 9.72 Å². The maximum atomic E-state index is 12.9. The summed E-state index contributed by atoms with van der Waals surface area (Å²) in [5, 5.41) is 9.22. The average Bonchev–Trinajstić information content (AvgIpc) is 2.67. The zero-order valence-electron chi connectivity index (χ0n) is 14.7. The van der Waals surface area contributed by atoms with Gasteiger partial charge in [0.1, 0.15) is 28.6 Å². The molecule has 0 fully saturated rings. The van der Waals surface area contributed by atoms with Gasteiger partial charge in [-0.1, -0.05) is 18.2 Å². The minimum absolute atomic E-state index is 0.00606. The maximum absolute atomic E-state index is 12.9. The van der Waals surface area contributed by atoms with Crippen LogP contribution in [0.3, 0.4) is 0 Å². The van der Waals surface area contributed by atoms with E-state index in [4.69, 9.17) is 4.74 Å². The van der Waals surface area contributed by atoms with Gasteiger partial charge in [0.15, 0.2) is 0 Å². The van der Waals surface area contributed by atoms with Crippen LogP contribution in [0.2, 0.25) is 0 Å². The highest BCUT2D eigenvalue weighted by atomic mass is 16.5. The standard InChI is InChI=1S/C20H15N3O4/c1-13-6-5-7-15(10-13)27-18-16(11-14(12-21)20(25)26-2)19(24)23-9-4-3-8-17(23)22-18/h3-11H,1-2H3. The number of aromatic nitrogens is 2. The molecule has 134 valence electrons. The van der Waals surface area contributed by atoms with E-state index in [9.17, 15) is 14.9 Å². The molecule has 2 aromatic heterocycles. The number of fused-ring (bicyclic) bond motifs is 1. The Hall–Kier alpha value is -3.92. The lowest BCUT2D eigenvalue weighted by Gasteiger charge is -2.10. The number of nitriles is 1. The number of hydrogen-bond acceptors (Lipinski definition) is 6. The molecule has 0 unspecified atom stereocenters.